The van der Waals surface area contributed by atoms with Crippen LogP contribution in [-0.4, -0.2) is 43.0 Å². The number of unbranched alkanes of at least 4 members (excludes halogenated alkanes) is 1. The zero-order chi connectivity index (χ0) is 18.8. The standard InChI is InChI=1S/C21H32N2O3/c1-3-4-13-22-21(25)18-10-7-14-23(16-18)20(24)12-8-15-26-19-11-6-5-9-17(19)2/h5-6,9,11,18H,3-4,7-8,10,12-16H2,1-2H3,(H,22,25). The number of nitrogens with zero attached hydrogens (tertiary/aromatic N) is 1. The van der Waals surface area contributed by atoms with Crippen molar-refractivity contribution in [2.45, 2.75) is 52.4 Å². The molecular formula is C21H32N2O3. The topological polar surface area (TPSA) is 58.6 Å². The molecule has 0 saturated carbocycles. The van der Waals surface area contributed by atoms with Gasteiger partial charge >= 0.3 is 0 Å². The maximum atomic E-state index is 12.4. The highest BCUT2D eigenvalue weighted by Gasteiger charge is 2.27. The van der Waals surface area contributed by atoms with E-state index in [2.05, 4.69) is 12.2 Å². The number of para-hydroxylation sites is 1. The summed E-state index contributed by atoms with van der Waals surface area (Å²) >= 11 is 0. The Morgan fingerprint density at radius 3 is 2.85 bits per heavy atom. The van der Waals surface area contributed by atoms with E-state index in [1.165, 1.54) is 0 Å². The van der Waals surface area contributed by atoms with Gasteiger partial charge in [0.2, 0.25) is 11.8 Å². The van der Waals surface area contributed by atoms with Gasteiger partial charge in [-0.15, -0.1) is 0 Å². The monoisotopic (exact) mass is 360 g/mol. The molecule has 5 nitrogen and oxygen atoms in total. The molecule has 144 valence electrons. The fourth-order valence-electron chi connectivity index (χ4n) is 3.23. The number of aryl methyl sites for hydroxylation is 1. The van der Waals surface area contributed by atoms with Crippen LogP contribution in [0, 0.1) is 12.8 Å². The Kier molecular flexibility index (Phi) is 8.45. The molecule has 1 fully saturated rings. The van der Waals surface area contributed by atoms with E-state index in [0.29, 0.717) is 26.0 Å². The Balaban J connectivity index is 1.69. The summed E-state index contributed by atoms with van der Waals surface area (Å²) in [5.74, 6) is 1.04. The third-order valence-electron chi connectivity index (χ3n) is 4.86. The molecule has 26 heavy (non-hydrogen) atoms. The van der Waals surface area contributed by atoms with Crippen LogP contribution in [0.2, 0.25) is 0 Å². The molecule has 0 bridgehead atoms. The first-order valence-corrected chi connectivity index (χ1v) is 9.85. The molecule has 1 aromatic rings. The van der Waals surface area contributed by atoms with Gasteiger partial charge in [0.1, 0.15) is 5.75 Å². The average Bonchev–Trinajstić information content (AvgIpc) is 2.66. The second-order valence-electron chi connectivity index (χ2n) is 7.04. The van der Waals surface area contributed by atoms with Gasteiger partial charge in [0.15, 0.2) is 0 Å². The smallest absolute Gasteiger partial charge is 0.224 e. The summed E-state index contributed by atoms with van der Waals surface area (Å²) in [6.45, 7) is 6.70. The maximum absolute atomic E-state index is 12.4. The van der Waals surface area contributed by atoms with E-state index in [1.807, 2.05) is 36.1 Å². The number of carbonyl (C=O) groups excluding carboxylic acids is 2. The molecule has 2 rings (SSSR count). The minimum absolute atomic E-state index is 0.0622. The van der Waals surface area contributed by atoms with Crippen LogP contribution in [0.5, 0.6) is 5.75 Å². The van der Waals surface area contributed by atoms with Gasteiger partial charge in [0.25, 0.3) is 0 Å². The lowest BCUT2D eigenvalue weighted by Gasteiger charge is -2.32. The van der Waals surface area contributed by atoms with Gasteiger partial charge in [-0.1, -0.05) is 31.5 Å². The van der Waals surface area contributed by atoms with E-state index in [1.54, 1.807) is 0 Å². The molecule has 0 aliphatic carbocycles. The molecule has 1 saturated heterocycles. The Labute approximate surface area is 157 Å². The number of hydrogen-bond acceptors (Lipinski definition) is 3. The van der Waals surface area contributed by atoms with Crippen LogP contribution in [0.1, 0.15) is 51.0 Å². The van der Waals surface area contributed by atoms with Crippen LogP contribution in [-0.2, 0) is 9.59 Å². The second kappa shape index (κ2) is 10.8. The maximum Gasteiger partial charge on any atom is 0.224 e. The molecule has 1 atom stereocenters. The predicted octanol–water partition coefficient (Wildman–Crippen LogP) is 3.31. The normalized spacial score (nSPS) is 17.0. The van der Waals surface area contributed by atoms with Crippen LogP contribution >= 0.6 is 0 Å². The molecule has 1 aromatic carbocycles. The lowest BCUT2D eigenvalue weighted by atomic mass is 9.96. The molecule has 1 unspecified atom stereocenters. The molecule has 1 N–H and O–H groups in total. The minimum atomic E-state index is -0.0622. The third-order valence-corrected chi connectivity index (χ3v) is 4.86. The van der Waals surface area contributed by atoms with Crippen molar-refractivity contribution in [1.82, 2.24) is 10.2 Å². The van der Waals surface area contributed by atoms with Crippen molar-refractivity contribution >= 4 is 11.8 Å². The first-order valence-electron chi connectivity index (χ1n) is 9.85. The SMILES string of the molecule is CCCCNC(=O)C1CCCN(C(=O)CCCOc2ccccc2C)C1. The van der Waals surface area contributed by atoms with Gasteiger partial charge in [-0.3, -0.25) is 9.59 Å². The van der Waals surface area contributed by atoms with Gasteiger partial charge < -0.3 is 15.0 Å². The molecular weight excluding hydrogens is 328 g/mol. The van der Waals surface area contributed by atoms with Crippen LogP contribution < -0.4 is 10.1 Å². The molecule has 5 heteroatoms. The van der Waals surface area contributed by atoms with Crippen LogP contribution in [0.4, 0.5) is 0 Å². The van der Waals surface area contributed by atoms with Crippen LogP contribution in [0.15, 0.2) is 24.3 Å². The van der Waals surface area contributed by atoms with Gasteiger partial charge in [0, 0.05) is 26.1 Å². The number of nitrogens with one attached hydrogen (secondary N) is 1. The quantitative estimate of drug-likeness (QED) is 0.687. The Morgan fingerprint density at radius 2 is 2.08 bits per heavy atom. The van der Waals surface area contributed by atoms with E-state index in [-0.39, 0.29) is 17.7 Å². The van der Waals surface area contributed by atoms with Gasteiger partial charge in [-0.2, -0.15) is 0 Å². The van der Waals surface area contributed by atoms with E-state index < -0.39 is 0 Å². The minimum Gasteiger partial charge on any atom is -0.493 e. The summed E-state index contributed by atoms with van der Waals surface area (Å²) in [5, 5.41) is 2.99. The van der Waals surface area contributed by atoms with E-state index >= 15 is 0 Å². The molecule has 2 amide bonds. The lowest BCUT2D eigenvalue weighted by Crippen LogP contribution is -2.45. The molecule has 0 radical (unpaired) electrons. The summed E-state index contributed by atoms with van der Waals surface area (Å²) in [6, 6.07) is 7.90. The number of benzene rings is 1. The van der Waals surface area contributed by atoms with Gasteiger partial charge in [0.05, 0.1) is 12.5 Å². The van der Waals surface area contributed by atoms with E-state index in [9.17, 15) is 9.59 Å². The van der Waals surface area contributed by atoms with Gasteiger partial charge in [-0.05, 0) is 44.2 Å². The van der Waals surface area contributed by atoms with Crippen LogP contribution in [0.25, 0.3) is 0 Å². The van der Waals surface area contributed by atoms with Crippen molar-refractivity contribution in [2.75, 3.05) is 26.2 Å². The van der Waals surface area contributed by atoms with Crippen molar-refractivity contribution < 1.29 is 14.3 Å². The summed E-state index contributed by atoms with van der Waals surface area (Å²) in [7, 11) is 0. The molecule has 1 aliphatic heterocycles. The van der Waals surface area contributed by atoms with Crippen molar-refractivity contribution in [3.05, 3.63) is 29.8 Å². The Hall–Kier alpha value is -2.04. The number of likely N-dealkylation sites (tertiary alicyclic amines) is 1. The van der Waals surface area contributed by atoms with Gasteiger partial charge in [-0.25, -0.2) is 0 Å². The fraction of sp³-hybridized carbons (Fsp3) is 0.619. The Bertz CT molecular complexity index is 588. The molecule has 1 aliphatic rings. The first-order chi connectivity index (χ1) is 12.6. The summed E-state index contributed by atoms with van der Waals surface area (Å²) in [5.41, 5.74) is 1.10. The number of amides is 2. The number of ether oxygens (including phenoxy) is 1. The zero-order valence-electron chi connectivity index (χ0n) is 16.1. The van der Waals surface area contributed by atoms with Crippen molar-refractivity contribution in [3.8, 4) is 5.75 Å². The predicted molar refractivity (Wildman–Crippen MR) is 103 cm³/mol. The number of piperidine rings is 1. The Morgan fingerprint density at radius 1 is 1.27 bits per heavy atom. The number of rotatable bonds is 9. The summed E-state index contributed by atoms with van der Waals surface area (Å²) < 4.78 is 5.75. The van der Waals surface area contributed by atoms with E-state index in [0.717, 1.165) is 50.1 Å². The third kappa shape index (κ3) is 6.36. The van der Waals surface area contributed by atoms with E-state index in [4.69, 9.17) is 4.74 Å². The number of hydrogen-bond donors (Lipinski definition) is 1. The highest BCUT2D eigenvalue weighted by Crippen LogP contribution is 2.19. The largest absolute Gasteiger partial charge is 0.493 e. The second-order valence-corrected chi connectivity index (χ2v) is 7.04. The fourth-order valence-corrected chi connectivity index (χ4v) is 3.23. The number of carbonyl (C=O) groups is 2. The summed E-state index contributed by atoms with van der Waals surface area (Å²) in [6.07, 6.45) is 5.00. The highest BCUT2D eigenvalue weighted by molar-refractivity contribution is 5.81. The molecule has 1 heterocycles. The zero-order valence-corrected chi connectivity index (χ0v) is 16.1. The van der Waals surface area contributed by atoms with Crippen molar-refractivity contribution in [3.63, 3.8) is 0 Å². The lowest BCUT2D eigenvalue weighted by molar-refractivity contribution is -0.135. The van der Waals surface area contributed by atoms with Crippen molar-refractivity contribution in [1.29, 1.82) is 0 Å². The van der Waals surface area contributed by atoms with Crippen LogP contribution in [0.3, 0.4) is 0 Å². The highest BCUT2D eigenvalue weighted by atomic mass is 16.5. The molecule has 0 spiro atoms. The average molecular weight is 360 g/mol. The summed E-state index contributed by atoms with van der Waals surface area (Å²) in [4.78, 5) is 26.5. The first kappa shape index (κ1) is 20.3. The molecule has 0 aromatic heterocycles. The van der Waals surface area contributed by atoms with Crippen molar-refractivity contribution in [2.24, 2.45) is 5.92 Å².